The summed E-state index contributed by atoms with van der Waals surface area (Å²) in [6.07, 6.45) is 3.77. The topological polar surface area (TPSA) is 78.9 Å². The van der Waals surface area contributed by atoms with Crippen molar-refractivity contribution in [1.29, 1.82) is 0 Å². The third-order valence-corrected chi connectivity index (χ3v) is 4.93. The highest BCUT2D eigenvalue weighted by molar-refractivity contribution is 5.79. The predicted octanol–water partition coefficient (Wildman–Crippen LogP) is 0.858. The van der Waals surface area contributed by atoms with Crippen LogP contribution in [0.3, 0.4) is 0 Å². The van der Waals surface area contributed by atoms with E-state index in [1.807, 2.05) is 6.92 Å². The van der Waals surface area contributed by atoms with Crippen LogP contribution in [0.25, 0.3) is 0 Å². The standard InChI is InChI=1S/C15H26N2O4/c1-2-15(14(19)20)5-9-17(10-6-15)13(18)11-21-12-3-7-16-8-4-12/h12,16H,2-11H2,1H3,(H,19,20). The average molecular weight is 298 g/mol. The molecule has 6 nitrogen and oxygen atoms in total. The van der Waals surface area contributed by atoms with Crippen LogP contribution >= 0.6 is 0 Å². The highest BCUT2D eigenvalue weighted by atomic mass is 16.5. The number of likely N-dealkylation sites (tertiary alicyclic amines) is 1. The number of hydrogen-bond acceptors (Lipinski definition) is 4. The number of carboxylic acids is 1. The number of aliphatic carboxylic acids is 1. The van der Waals surface area contributed by atoms with Crippen molar-refractivity contribution in [3.63, 3.8) is 0 Å². The van der Waals surface area contributed by atoms with Gasteiger partial charge in [0.2, 0.25) is 5.91 Å². The maximum atomic E-state index is 12.1. The van der Waals surface area contributed by atoms with E-state index in [4.69, 9.17) is 4.74 Å². The van der Waals surface area contributed by atoms with E-state index in [-0.39, 0.29) is 18.6 Å². The van der Waals surface area contributed by atoms with Crippen LogP contribution in [-0.4, -0.2) is 60.8 Å². The molecule has 2 rings (SSSR count). The van der Waals surface area contributed by atoms with Crippen LogP contribution < -0.4 is 5.32 Å². The number of nitrogens with one attached hydrogen (secondary N) is 1. The van der Waals surface area contributed by atoms with E-state index >= 15 is 0 Å². The molecule has 0 aromatic heterocycles. The van der Waals surface area contributed by atoms with E-state index in [1.54, 1.807) is 4.90 Å². The number of piperidine rings is 2. The Kier molecular flexibility index (Phi) is 5.58. The zero-order valence-electron chi connectivity index (χ0n) is 12.8. The predicted molar refractivity (Wildman–Crippen MR) is 78.0 cm³/mol. The molecular weight excluding hydrogens is 272 g/mol. The Morgan fingerprint density at radius 1 is 1.29 bits per heavy atom. The number of carbonyl (C=O) groups excluding carboxylic acids is 1. The molecule has 2 fully saturated rings. The summed E-state index contributed by atoms with van der Waals surface area (Å²) in [4.78, 5) is 25.3. The van der Waals surface area contributed by atoms with Crippen LogP contribution in [0, 0.1) is 5.41 Å². The number of rotatable bonds is 5. The van der Waals surface area contributed by atoms with Gasteiger partial charge in [-0.15, -0.1) is 0 Å². The van der Waals surface area contributed by atoms with Crippen LogP contribution in [0.1, 0.15) is 39.0 Å². The summed E-state index contributed by atoms with van der Waals surface area (Å²) in [6, 6.07) is 0. The third kappa shape index (κ3) is 3.95. The lowest BCUT2D eigenvalue weighted by Crippen LogP contribution is -2.47. The van der Waals surface area contributed by atoms with Gasteiger partial charge in [0, 0.05) is 13.1 Å². The van der Waals surface area contributed by atoms with Gasteiger partial charge in [0.15, 0.2) is 0 Å². The maximum Gasteiger partial charge on any atom is 0.309 e. The van der Waals surface area contributed by atoms with Crippen molar-refractivity contribution in [2.75, 3.05) is 32.8 Å². The summed E-state index contributed by atoms with van der Waals surface area (Å²) in [5.41, 5.74) is -0.646. The van der Waals surface area contributed by atoms with Crippen LogP contribution in [0.4, 0.5) is 0 Å². The lowest BCUT2D eigenvalue weighted by atomic mass is 9.76. The smallest absolute Gasteiger partial charge is 0.309 e. The average Bonchev–Trinajstić information content (AvgIpc) is 2.53. The van der Waals surface area contributed by atoms with Crippen LogP contribution in [0.15, 0.2) is 0 Å². The van der Waals surface area contributed by atoms with Gasteiger partial charge in [0.25, 0.3) is 0 Å². The number of nitrogens with zero attached hydrogens (tertiary/aromatic N) is 1. The zero-order valence-corrected chi connectivity index (χ0v) is 12.8. The molecule has 0 atom stereocenters. The molecule has 0 unspecified atom stereocenters. The first-order valence-corrected chi connectivity index (χ1v) is 7.91. The second-order valence-corrected chi connectivity index (χ2v) is 6.08. The van der Waals surface area contributed by atoms with E-state index in [1.165, 1.54) is 0 Å². The molecule has 1 amide bonds. The minimum absolute atomic E-state index is 0.0105. The van der Waals surface area contributed by atoms with Gasteiger partial charge in [-0.05, 0) is 45.2 Å². The fourth-order valence-electron chi connectivity index (χ4n) is 3.15. The molecule has 0 aliphatic carbocycles. The Hall–Kier alpha value is -1.14. The van der Waals surface area contributed by atoms with Crippen LogP contribution in [0.2, 0.25) is 0 Å². The molecule has 0 spiro atoms. The van der Waals surface area contributed by atoms with E-state index < -0.39 is 11.4 Å². The van der Waals surface area contributed by atoms with Gasteiger partial charge >= 0.3 is 5.97 Å². The van der Waals surface area contributed by atoms with Crippen molar-refractivity contribution in [2.45, 2.75) is 45.1 Å². The maximum absolute atomic E-state index is 12.1. The van der Waals surface area contributed by atoms with E-state index in [0.717, 1.165) is 25.9 Å². The number of ether oxygens (including phenoxy) is 1. The Balaban J connectivity index is 1.76. The molecule has 2 N–H and O–H groups in total. The highest BCUT2D eigenvalue weighted by Gasteiger charge is 2.40. The molecular formula is C15H26N2O4. The quantitative estimate of drug-likeness (QED) is 0.787. The first-order chi connectivity index (χ1) is 10.1. The Labute approximate surface area is 125 Å². The van der Waals surface area contributed by atoms with Gasteiger partial charge in [-0.2, -0.15) is 0 Å². The van der Waals surface area contributed by atoms with Gasteiger partial charge in [-0.3, -0.25) is 9.59 Å². The molecule has 120 valence electrons. The molecule has 0 aromatic rings. The van der Waals surface area contributed by atoms with Crippen molar-refractivity contribution < 1.29 is 19.4 Å². The summed E-state index contributed by atoms with van der Waals surface area (Å²) < 4.78 is 5.68. The summed E-state index contributed by atoms with van der Waals surface area (Å²) in [7, 11) is 0. The molecule has 0 radical (unpaired) electrons. The minimum Gasteiger partial charge on any atom is -0.481 e. The first kappa shape index (κ1) is 16.2. The van der Waals surface area contributed by atoms with Crippen molar-refractivity contribution in [3.05, 3.63) is 0 Å². The molecule has 2 aliphatic rings. The number of hydrogen-bond donors (Lipinski definition) is 2. The van der Waals surface area contributed by atoms with E-state index in [2.05, 4.69) is 5.32 Å². The molecule has 2 heterocycles. The molecule has 2 saturated heterocycles. The molecule has 0 bridgehead atoms. The van der Waals surface area contributed by atoms with Gasteiger partial charge in [-0.1, -0.05) is 6.92 Å². The van der Waals surface area contributed by atoms with E-state index in [0.29, 0.717) is 32.4 Å². The molecule has 21 heavy (non-hydrogen) atoms. The van der Waals surface area contributed by atoms with Gasteiger partial charge in [0.05, 0.1) is 11.5 Å². The van der Waals surface area contributed by atoms with Gasteiger partial charge in [-0.25, -0.2) is 0 Å². The van der Waals surface area contributed by atoms with Crippen LogP contribution in [0.5, 0.6) is 0 Å². The second kappa shape index (κ2) is 7.22. The monoisotopic (exact) mass is 298 g/mol. The van der Waals surface area contributed by atoms with Crippen LogP contribution in [-0.2, 0) is 14.3 Å². The number of carboxylic acid groups (broad SMARTS) is 1. The lowest BCUT2D eigenvalue weighted by molar-refractivity contribution is -0.155. The van der Waals surface area contributed by atoms with Crippen molar-refractivity contribution in [1.82, 2.24) is 10.2 Å². The SMILES string of the molecule is CCC1(C(=O)O)CCN(C(=O)COC2CCNCC2)CC1. The largest absolute Gasteiger partial charge is 0.481 e. The van der Waals surface area contributed by atoms with Crippen molar-refractivity contribution >= 4 is 11.9 Å². The fourth-order valence-corrected chi connectivity index (χ4v) is 3.15. The fraction of sp³-hybridized carbons (Fsp3) is 0.867. The summed E-state index contributed by atoms with van der Waals surface area (Å²) in [6.45, 7) is 4.96. The lowest BCUT2D eigenvalue weighted by Gasteiger charge is -2.38. The summed E-state index contributed by atoms with van der Waals surface area (Å²) in [5.74, 6) is -0.744. The van der Waals surface area contributed by atoms with Crippen molar-refractivity contribution in [2.24, 2.45) is 5.41 Å². The minimum atomic E-state index is -0.733. The number of amides is 1. The zero-order chi connectivity index (χ0) is 15.3. The summed E-state index contributed by atoms with van der Waals surface area (Å²) in [5, 5.41) is 12.6. The second-order valence-electron chi connectivity index (χ2n) is 6.08. The number of carbonyl (C=O) groups is 2. The Morgan fingerprint density at radius 2 is 1.90 bits per heavy atom. The molecule has 2 aliphatic heterocycles. The normalized spacial score (nSPS) is 23.0. The molecule has 0 saturated carbocycles. The molecule has 0 aromatic carbocycles. The van der Waals surface area contributed by atoms with Gasteiger partial charge < -0.3 is 20.1 Å². The first-order valence-electron chi connectivity index (χ1n) is 7.91. The summed E-state index contributed by atoms with van der Waals surface area (Å²) >= 11 is 0. The third-order valence-electron chi connectivity index (χ3n) is 4.93. The highest BCUT2D eigenvalue weighted by Crippen LogP contribution is 2.35. The van der Waals surface area contributed by atoms with E-state index in [9.17, 15) is 14.7 Å². The Morgan fingerprint density at radius 3 is 2.43 bits per heavy atom. The van der Waals surface area contributed by atoms with Gasteiger partial charge in [0.1, 0.15) is 6.61 Å². The molecule has 6 heteroatoms. The Bertz CT molecular complexity index is 372. The van der Waals surface area contributed by atoms with Crippen molar-refractivity contribution in [3.8, 4) is 0 Å².